The van der Waals surface area contributed by atoms with Crippen LogP contribution < -0.4 is 4.90 Å². The Morgan fingerprint density at radius 1 is 1.53 bits per heavy atom. The lowest BCUT2D eigenvalue weighted by Crippen LogP contribution is -2.48. The Kier molecular flexibility index (Phi) is 3.75. The highest BCUT2D eigenvalue weighted by atomic mass is 16.6. The lowest BCUT2D eigenvalue weighted by atomic mass is 10.0. The second-order valence-corrected chi connectivity index (χ2v) is 4.49. The van der Waals surface area contributed by atoms with Gasteiger partial charge in [-0.05, 0) is 26.0 Å². The predicted molar refractivity (Wildman–Crippen MR) is 67.9 cm³/mol. The first-order chi connectivity index (χ1) is 8.71. The van der Waals surface area contributed by atoms with E-state index in [4.69, 9.17) is 10.4 Å². The monoisotopic (exact) mass is 263 g/mol. The molecule has 0 amide bonds. The van der Waals surface area contributed by atoms with E-state index in [0.717, 1.165) is 0 Å². The number of carboxylic acids is 1. The molecule has 0 bridgehead atoms. The fourth-order valence-corrected chi connectivity index (χ4v) is 1.45. The zero-order chi connectivity index (χ0) is 14.8. The summed E-state index contributed by atoms with van der Waals surface area (Å²) in [5.41, 5.74) is -1.17. The number of nitrogens with zero attached hydrogens (tertiary/aromatic N) is 3. The highest BCUT2D eigenvalue weighted by Crippen LogP contribution is 2.27. The van der Waals surface area contributed by atoms with E-state index >= 15 is 0 Å². The number of likely N-dealkylation sites (N-methyl/N-ethyl adjacent to an activating group) is 1. The van der Waals surface area contributed by atoms with Crippen molar-refractivity contribution in [1.29, 1.82) is 5.26 Å². The van der Waals surface area contributed by atoms with Gasteiger partial charge in [-0.3, -0.25) is 10.1 Å². The van der Waals surface area contributed by atoms with Crippen LogP contribution in [0.3, 0.4) is 0 Å². The first-order valence-electron chi connectivity index (χ1n) is 5.37. The van der Waals surface area contributed by atoms with Crippen LogP contribution in [0.1, 0.15) is 19.4 Å². The smallest absolute Gasteiger partial charge is 0.328 e. The molecule has 0 radical (unpaired) electrons. The maximum absolute atomic E-state index is 11.2. The van der Waals surface area contributed by atoms with E-state index < -0.39 is 16.4 Å². The highest BCUT2D eigenvalue weighted by molar-refractivity contribution is 5.82. The van der Waals surface area contributed by atoms with Crippen LogP contribution >= 0.6 is 0 Å². The van der Waals surface area contributed by atoms with Gasteiger partial charge in [0.15, 0.2) is 0 Å². The molecule has 0 saturated carbocycles. The van der Waals surface area contributed by atoms with Crippen molar-refractivity contribution >= 4 is 17.3 Å². The normalized spacial score (nSPS) is 10.6. The van der Waals surface area contributed by atoms with Crippen molar-refractivity contribution in [3.63, 3.8) is 0 Å². The van der Waals surface area contributed by atoms with Gasteiger partial charge in [0.05, 0.1) is 4.92 Å². The summed E-state index contributed by atoms with van der Waals surface area (Å²) in [6.07, 6.45) is 0. The molecule has 1 aromatic rings. The molecule has 0 aliphatic rings. The van der Waals surface area contributed by atoms with E-state index in [-0.39, 0.29) is 11.3 Å². The van der Waals surface area contributed by atoms with Gasteiger partial charge >= 0.3 is 5.97 Å². The number of rotatable bonds is 4. The summed E-state index contributed by atoms with van der Waals surface area (Å²) in [6.45, 7) is 3.01. The summed E-state index contributed by atoms with van der Waals surface area (Å²) in [4.78, 5) is 22.7. The van der Waals surface area contributed by atoms with Gasteiger partial charge < -0.3 is 10.0 Å². The summed E-state index contributed by atoms with van der Waals surface area (Å²) in [7, 11) is 1.55. The van der Waals surface area contributed by atoms with Crippen LogP contribution in [0.25, 0.3) is 0 Å². The zero-order valence-electron chi connectivity index (χ0n) is 10.7. The molecule has 1 N–H and O–H groups in total. The minimum absolute atomic E-state index is 0.101. The number of carboxylic acid groups (broad SMARTS) is 1. The third-order valence-corrected chi connectivity index (χ3v) is 3.05. The van der Waals surface area contributed by atoms with Crippen molar-refractivity contribution in [3.05, 3.63) is 33.9 Å². The van der Waals surface area contributed by atoms with Gasteiger partial charge in [-0.1, -0.05) is 0 Å². The maximum atomic E-state index is 11.2. The first kappa shape index (κ1) is 14.4. The van der Waals surface area contributed by atoms with Crippen LogP contribution in [0.2, 0.25) is 0 Å². The van der Waals surface area contributed by atoms with Gasteiger partial charge in [-0.2, -0.15) is 5.26 Å². The molecule has 0 aliphatic carbocycles. The Balaban J connectivity index is 3.28. The largest absolute Gasteiger partial charge is 0.480 e. The quantitative estimate of drug-likeness (QED) is 0.655. The standard InChI is InChI=1S/C12H13N3O4/c1-12(2,11(16)17)14(3)9-4-5-10(15(18)19)8(6-9)7-13/h4-6H,1-3H3,(H,16,17). The van der Waals surface area contributed by atoms with Crippen molar-refractivity contribution in [3.8, 4) is 6.07 Å². The molecular weight excluding hydrogens is 250 g/mol. The molecule has 100 valence electrons. The number of carbonyl (C=O) groups is 1. The molecule has 1 aromatic carbocycles. The van der Waals surface area contributed by atoms with Gasteiger partial charge in [0.25, 0.3) is 5.69 Å². The Morgan fingerprint density at radius 3 is 2.53 bits per heavy atom. The average molecular weight is 263 g/mol. The van der Waals surface area contributed by atoms with Gasteiger partial charge in [0.2, 0.25) is 0 Å². The minimum Gasteiger partial charge on any atom is -0.480 e. The summed E-state index contributed by atoms with van der Waals surface area (Å²) in [5, 5.41) is 28.7. The second kappa shape index (κ2) is 4.94. The summed E-state index contributed by atoms with van der Waals surface area (Å²) < 4.78 is 0. The van der Waals surface area contributed by atoms with E-state index in [0.29, 0.717) is 5.69 Å². The molecule has 0 heterocycles. The molecule has 0 saturated heterocycles. The average Bonchev–Trinajstić information content (AvgIpc) is 2.36. The summed E-state index contributed by atoms with van der Waals surface area (Å²) >= 11 is 0. The number of nitro benzene ring substituents is 1. The number of hydrogen-bond donors (Lipinski definition) is 1. The van der Waals surface area contributed by atoms with Gasteiger partial charge in [-0.25, -0.2) is 4.79 Å². The molecule has 0 atom stereocenters. The summed E-state index contributed by atoms with van der Waals surface area (Å²) in [6, 6.07) is 5.66. The highest BCUT2D eigenvalue weighted by Gasteiger charge is 2.32. The van der Waals surface area contributed by atoms with Crippen molar-refractivity contribution in [2.75, 3.05) is 11.9 Å². The Labute approximate surface area is 109 Å². The minimum atomic E-state index is -1.19. The molecule has 7 heteroatoms. The van der Waals surface area contributed by atoms with Crippen molar-refractivity contribution in [2.24, 2.45) is 0 Å². The summed E-state index contributed by atoms with van der Waals surface area (Å²) in [5.74, 6) is -1.04. The lowest BCUT2D eigenvalue weighted by Gasteiger charge is -2.33. The zero-order valence-corrected chi connectivity index (χ0v) is 10.7. The third-order valence-electron chi connectivity index (χ3n) is 3.05. The number of hydrogen-bond acceptors (Lipinski definition) is 5. The van der Waals surface area contributed by atoms with Crippen LogP contribution in [-0.4, -0.2) is 28.6 Å². The second-order valence-electron chi connectivity index (χ2n) is 4.49. The third kappa shape index (κ3) is 2.63. The van der Waals surface area contributed by atoms with Crippen LogP contribution in [-0.2, 0) is 4.79 Å². The van der Waals surface area contributed by atoms with Crippen molar-refractivity contribution in [1.82, 2.24) is 0 Å². The fourth-order valence-electron chi connectivity index (χ4n) is 1.45. The molecule has 19 heavy (non-hydrogen) atoms. The fraction of sp³-hybridized carbons (Fsp3) is 0.333. The number of nitriles is 1. The van der Waals surface area contributed by atoms with Crippen molar-refractivity contribution in [2.45, 2.75) is 19.4 Å². The Hall–Kier alpha value is -2.62. The molecule has 0 aromatic heterocycles. The number of aliphatic carboxylic acids is 1. The number of anilines is 1. The van der Waals surface area contributed by atoms with E-state index in [2.05, 4.69) is 0 Å². The van der Waals surface area contributed by atoms with Gasteiger partial charge in [-0.15, -0.1) is 0 Å². The van der Waals surface area contributed by atoms with Crippen molar-refractivity contribution < 1.29 is 14.8 Å². The van der Waals surface area contributed by atoms with E-state index in [1.165, 1.54) is 36.9 Å². The topological polar surface area (TPSA) is 107 Å². The van der Waals surface area contributed by atoms with E-state index in [1.807, 2.05) is 0 Å². The molecular formula is C12H13N3O4. The van der Waals surface area contributed by atoms with Crippen LogP contribution in [0.15, 0.2) is 18.2 Å². The molecule has 1 rings (SSSR count). The maximum Gasteiger partial charge on any atom is 0.328 e. The number of benzene rings is 1. The molecule has 0 spiro atoms. The van der Waals surface area contributed by atoms with Crippen LogP contribution in [0, 0.1) is 21.4 Å². The SMILES string of the molecule is CN(c1ccc([N+](=O)[O-])c(C#N)c1)C(C)(C)C(=O)O. The molecule has 0 unspecified atom stereocenters. The predicted octanol–water partition coefficient (Wildman–Crippen LogP) is 1.77. The van der Waals surface area contributed by atoms with Crippen LogP contribution in [0.5, 0.6) is 0 Å². The Morgan fingerprint density at radius 2 is 2.11 bits per heavy atom. The molecule has 7 nitrogen and oxygen atoms in total. The van der Waals surface area contributed by atoms with E-state index in [1.54, 1.807) is 13.1 Å². The molecule has 0 aliphatic heterocycles. The van der Waals surface area contributed by atoms with Gasteiger partial charge in [0, 0.05) is 18.8 Å². The number of nitro groups is 1. The first-order valence-corrected chi connectivity index (χ1v) is 5.37. The van der Waals surface area contributed by atoms with E-state index in [9.17, 15) is 14.9 Å². The van der Waals surface area contributed by atoms with Gasteiger partial charge in [0.1, 0.15) is 17.2 Å². The lowest BCUT2D eigenvalue weighted by molar-refractivity contribution is -0.385. The Bertz CT molecular complexity index is 575. The molecule has 0 fully saturated rings. The van der Waals surface area contributed by atoms with Crippen LogP contribution in [0.4, 0.5) is 11.4 Å².